The summed E-state index contributed by atoms with van der Waals surface area (Å²) in [6, 6.07) is 2.25. The van der Waals surface area contributed by atoms with Gasteiger partial charge in [-0.3, -0.25) is 15.0 Å². The molecule has 0 spiro atoms. The minimum absolute atomic E-state index is 0.0744. The Balaban J connectivity index is 1.59. The van der Waals surface area contributed by atoms with Gasteiger partial charge in [0.25, 0.3) is 0 Å². The first-order valence-electron chi connectivity index (χ1n) is 8.49. The maximum Gasteiger partial charge on any atom is 0.321 e. The van der Waals surface area contributed by atoms with Crippen molar-refractivity contribution in [2.75, 3.05) is 13.1 Å². The van der Waals surface area contributed by atoms with Gasteiger partial charge in [0.15, 0.2) is 0 Å². The molecule has 1 saturated carbocycles. The standard InChI is InChI=1S/C17H25N3O2S/c1-3-11(2)18-17(22)19-15(21)10-20-8-6-14-13(7-9-23-14)16(20)12-4-5-12/h7,9,11-12,16H,3-6,8,10H2,1-2H3,(H2,18,19,21,22)/t11-,16-/m0/s1. The summed E-state index contributed by atoms with van der Waals surface area (Å²) in [4.78, 5) is 27.7. The number of hydrogen-bond donors (Lipinski definition) is 2. The highest BCUT2D eigenvalue weighted by molar-refractivity contribution is 7.10. The lowest BCUT2D eigenvalue weighted by molar-refractivity contribution is -0.122. The third-order valence-electron chi connectivity index (χ3n) is 4.78. The Bertz CT molecular complexity index is 582. The molecule has 1 fully saturated rings. The van der Waals surface area contributed by atoms with Crippen molar-refractivity contribution in [1.82, 2.24) is 15.5 Å². The molecule has 2 aliphatic rings. The van der Waals surface area contributed by atoms with Crippen LogP contribution in [0.5, 0.6) is 0 Å². The molecule has 0 radical (unpaired) electrons. The van der Waals surface area contributed by atoms with E-state index in [2.05, 4.69) is 27.0 Å². The quantitative estimate of drug-likeness (QED) is 0.870. The Morgan fingerprint density at radius 1 is 1.43 bits per heavy atom. The lowest BCUT2D eigenvalue weighted by Gasteiger charge is -2.35. The second-order valence-electron chi connectivity index (χ2n) is 6.63. The largest absolute Gasteiger partial charge is 0.335 e. The number of imide groups is 1. The molecule has 126 valence electrons. The van der Waals surface area contributed by atoms with Crippen molar-refractivity contribution in [3.63, 3.8) is 0 Å². The minimum Gasteiger partial charge on any atom is -0.335 e. The molecule has 6 heteroatoms. The van der Waals surface area contributed by atoms with Gasteiger partial charge in [0.1, 0.15) is 0 Å². The van der Waals surface area contributed by atoms with E-state index in [1.54, 1.807) is 0 Å². The summed E-state index contributed by atoms with van der Waals surface area (Å²) in [6.07, 6.45) is 4.33. The highest BCUT2D eigenvalue weighted by Crippen LogP contribution is 2.48. The first-order valence-corrected chi connectivity index (χ1v) is 9.37. The molecule has 0 bridgehead atoms. The van der Waals surface area contributed by atoms with Crippen LogP contribution in [-0.4, -0.2) is 36.0 Å². The maximum atomic E-state index is 12.2. The zero-order valence-electron chi connectivity index (χ0n) is 13.8. The Morgan fingerprint density at radius 3 is 2.91 bits per heavy atom. The van der Waals surface area contributed by atoms with Crippen LogP contribution in [0.1, 0.15) is 49.6 Å². The summed E-state index contributed by atoms with van der Waals surface area (Å²) >= 11 is 1.82. The van der Waals surface area contributed by atoms with Crippen molar-refractivity contribution < 1.29 is 9.59 Å². The van der Waals surface area contributed by atoms with E-state index in [0.29, 0.717) is 18.5 Å². The Morgan fingerprint density at radius 2 is 2.22 bits per heavy atom. The van der Waals surface area contributed by atoms with Gasteiger partial charge < -0.3 is 5.32 Å². The molecule has 3 amide bonds. The molecule has 2 heterocycles. The lowest BCUT2D eigenvalue weighted by Crippen LogP contribution is -2.48. The van der Waals surface area contributed by atoms with Crippen molar-refractivity contribution in [3.05, 3.63) is 21.9 Å². The smallest absolute Gasteiger partial charge is 0.321 e. The normalized spacial score (nSPS) is 22.3. The Hall–Kier alpha value is -1.40. The monoisotopic (exact) mass is 335 g/mol. The average molecular weight is 335 g/mol. The summed E-state index contributed by atoms with van der Waals surface area (Å²) in [5, 5.41) is 7.39. The maximum absolute atomic E-state index is 12.2. The van der Waals surface area contributed by atoms with Crippen LogP contribution in [0.15, 0.2) is 11.4 Å². The molecule has 0 saturated heterocycles. The molecule has 1 aromatic heterocycles. The van der Waals surface area contributed by atoms with Gasteiger partial charge in [-0.05, 0) is 55.5 Å². The molecule has 2 N–H and O–H groups in total. The molecule has 23 heavy (non-hydrogen) atoms. The van der Waals surface area contributed by atoms with Crippen molar-refractivity contribution in [3.8, 4) is 0 Å². The third kappa shape index (κ3) is 3.93. The van der Waals surface area contributed by atoms with Gasteiger partial charge in [-0.15, -0.1) is 11.3 Å². The Kier molecular flexibility index (Phi) is 5.02. The zero-order chi connectivity index (χ0) is 16.4. The van der Waals surface area contributed by atoms with Gasteiger partial charge in [0, 0.05) is 23.5 Å². The molecule has 0 aromatic carbocycles. The summed E-state index contributed by atoms with van der Waals surface area (Å²) in [5.74, 6) is 0.459. The number of fused-ring (bicyclic) bond motifs is 1. The van der Waals surface area contributed by atoms with Crippen LogP contribution in [0.2, 0.25) is 0 Å². The van der Waals surface area contributed by atoms with E-state index in [-0.39, 0.29) is 18.0 Å². The van der Waals surface area contributed by atoms with Crippen molar-refractivity contribution in [2.45, 2.75) is 51.6 Å². The van der Waals surface area contributed by atoms with E-state index in [1.807, 2.05) is 25.2 Å². The van der Waals surface area contributed by atoms with E-state index in [4.69, 9.17) is 0 Å². The number of nitrogens with one attached hydrogen (secondary N) is 2. The van der Waals surface area contributed by atoms with E-state index in [9.17, 15) is 9.59 Å². The minimum atomic E-state index is -0.388. The van der Waals surface area contributed by atoms with E-state index < -0.39 is 0 Å². The number of carbonyl (C=O) groups excluding carboxylic acids is 2. The number of amides is 3. The molecule has 1 aliphatic carbocycles. The second kappa shape index (κ2) is 7.01. The predicted molar refractivity (Wildman–Crippen MR) is 91.5 cm³/mol. The second-order valence-corrected chi connectivity index (χ2v) is 7.63. The van der Waals surface area contributed by atoms with Crippen molar-refractivity contribution in [2.24, 2.45) is 5.92 Å². The summed E-state index contributed by atoms with van der Waals surface area (Å²) < 4.78 is 0. The number of hydrogen-bond acceptors (Lipinski definition) is 4. The van der Waals surface area contributed by atoms with Crippen LogP contribution >= 0.6 is 11.3 Å². The molecule has 1 aliphatic heterocycles. The number of thiophene rings is 1. The number of carbonyl (C=O) groups is 2. The fraction of sp³-hybridized carbons (Fsp3) is 0.647. The average Bonchev–Trinajstić information content (AvgIpc) is 3.23. The van der Waals surface area contributed by atoms with Crippen LogP contribution in [0.3, 0.4) is 0 Å². The first kappa shape index (κ1) is 16.5. The van der Waals surface area contributed by atoms with Gasteiger partial charge >= 0.3 is 6.03 Å². The topological polar surface area (TPSA) is 61.4 Å². The molecular weight excluding hydrogens is 310 g/mol. The fourth-order valence-electron chi connectivity index (χ4n) is 3.25. The number of urea groups is 1. The zero-order valence-corrected chi connectivity index (χ0v) is 14.6. The highest BCUT2D eigenvalue weighted by Gasteiger charge is 2.40. The molecular formula is C17H25N3O2S. The summed E-state index contributed by atoms with van der Waals surface area (Å²) in [6.45, 7) is 5.12. The lowest BCUT2D eigenvalue weighted by atomic mass is 9.96. The third-order valence-corrected chi connectivity index (χ3v) is 5.77. The van der Waals surface area contributed by atoms with Gasteiger partial charge in [-0.2, -0.15) is 0 Å². The molecule has 5 nitrogen and oxygen atoms in total. The van der Waals surface area contributed by atoms with Gasteiger partial charge in [0.05, 0.1) is 6.54 Å². The van der Waals surface area contributed by atoms with Gasteiger partial charge in [-0.1, -0.05) is 6.92 Å². The van der Waals surface area contributed by atoms with E-state index in [1.165, 1.54) is 23.3 Å². The molecule has 2 atom stereocenters. The van der Waals surface area contributed by atoms with E-state index in [0.717, 1.165) is 19.4 Å². The molecule has 0 unspecified atom stereocenters. The number of nitrogens with zero attached hydrogens (tertiary/aromatic N) is 1. The fourth-order valence-corrected chi connectivity index (χ4v) is 4.17. The van der Waals surface area contributed by atoms with Crippen LogP contribution in [0.4, 0.5) is 4.79 Å². The SMILES string of the molecule is CC[C@H](C)NC(=O)NC(=O)CN1CCc2sccc2[C@@H]1C1CC1. The van der Waals surface area contributed by atoms with E-state index >= 15 is 0 Å². The number of rotatable bonds is 5. The molecule has 3 rings (SSSR count). The Labute approximate surface area is 141 Å². The summed E-state index contributed by atoms with van der Waals surface area (Å²) in [7, 11) is 0. The van der Waals surface area contributed by atoms with Crippen LogP contribution in [0, 0.1) is 5.92 Å². The van der Waals surface area contributed by atoms with Crippen LogP contribution in [0.25, 0.3) is 0 Å². The van der Waals surface area contributed by atoms with Crippen molar-refractivity contribution >= 4 is 23.3 Å². The van der Waals surface area contributed by atoms with Crippen LogP contribution in [-0.2, 0) is 11.2 Å². The van der Waals surface area contributed by atoms with Crippen LogP contribution < -0.4 is 10.6 Å². The summed E-state index contributed by atoms with van der Waals surface area (Å²) in [5.41, 5.74) is 1.40. The van der Waals surface area contributed by atoms with Crippen molar-refractivity contribution in [1.29, 1.82) is 0 Å². The predicted octanol–water partition coefficient (Wildman–Crippen LogP) is 2.68. The molecule has 1 aromatic rings. The van der Waals surface area contributed by atoms with Gasteiger partial charge in [-0.25, -0.2) is 4.79 Å². The van der Waals surface area contributed by atoms with Gasteiger partial charge in [0.2, 0.25) is 5.91 Å². The first-order chi connectivity index (χ1) is 11.1. The highest BCUT2D eigenvalue weighted by atomic mass is 32.1.